The Morgan fingerprint density at radius 3 is 2.60 bits per heavy atom. The third kappa shape index (κ3) is 2.90. The second kappa shape index (κ2) is 5.75. The average Bonchev–Trinajstić information content (AvgIpc) is 2.36. The maximum Gasteiger partial charge on any atom is 0.261 e. The number of hydrogen-bond acceptors (Lipinski definition) is 3. The zero-order valence-corrected chi connectivity index (χ0v) is 12.9. The molecule has 20 heavy (non-hydrogen) atoms. The first-order chi connectivity index (χ1) is 9.40. The van der Waals surface area contributed by atoms with Crippen LogP contribution in [-0.2, 0) is 6.54 Å². The van der Waals surface area contributed by atoms with E-state index in [-0.39, 0.29) is 5.56 Å². The van der Waals surface area contributed by atoms with Crippen molar-refractivity contribution >= 4 is 10.9 Å². The molecule has 108 valence electrons. The summed E-state index contributed by atoms with van der Waals surface area (Å²) in [5.74, 6) is 0.477. The fraction of sp³-hybridized carbons (Fsp3) is 0.500. The molecular formula is C16H23N3O. The molecule has 1 unspecified atom stereocenters. The molecule has 0 bridgehead atoms. The summed E-state index contributed by atoms with van der Waals surface area (Å²) in [4.78, 5) is 19.1. The molecule has 0 saturated heterocycles. The van der Waals surface area contributed by atoms with Gasteiger partial charge in [0.2, 0.25) is 0 Å². The molecule has 2 rings (SSSR count). The van der Waals surface area contributed by atoms with Crippen LogP contribution in [0.4, 0.5) is 0 Å². The highest BCUT2D eigenvalue weighted by molar-refractivity contribution is 5.77. The van der Waals surface area contributed by atoms with E-state index in [1.54, 1.807) is 10.9 Å². The van der Waals surface area contributed by atoms with Crippen LogP contribution < -0.4 is 5.56 Å². The van der Waals surface area contributed by atoms with E-state index in [2.05, 4.69) is 23.7 Å². The van der Waals surface area contributed by atoms with Crippen molar-refractivity contribution in [3.63, 3.8) is 0 Å². The number of nitrogens with zero attached hydrogens (tertiary/aromatic N) is 3. The summed E-state index contributed by atoms with van der Waals surface area (Å²) < 4.78 is 1.72. The van der Waals surface area contributed by atoms with Crippen LogP contribution in [0.1, 0.15) is 19.4 Å². The minimum absolute atomic E-state index is 0.0440. The van der Waals surface area contributed by atoms with Crippen LogP contribution in [0.25, 0.3) is 10.9 Å². The second-order valence-electron chi connectivity index (χ2n) is 6.00. The molecule has 0 amide bonds. The molecule has 0 spiro atoms. The van der Waals surface area contributed by atoms with E-state index in [4.69, 9.17) is 0 Å². The molecule has 2 aromatic rings. The van der Waals surface area contributed by atoms with Crippen molar-refractivity contribution < 1.29 is 0 Å². The van der Waals surface area contributed by atoms with Crippen LogP contribution in [0.5, 0.6) is 0 Å². The summed E-state index contributed by atoms with van der Waals surface area (Å²) in [5.41, 5.74) is 1.94. The number of aryl methyl sites for hydroxylation is 1. The number of hydrogen-bond donors (Lipinski definition) is 0. The minimum Gasteiger partial charge on any atom is -0.304 e. The molecule has 4 nitrogen and oxygen atoms in total. The smallest absolute Gasteiger partial charge is 0.261 e. The van der Waals surface area contributed by atoms with Crippen LogP contribution in [-0.4, -0.2) is 34.6 Å². The summed E-state index contributed by atoms with van der Waals surface area (Å²) in [6.07, 6.45) is 1.67. The minimum atomic E-state index is 0.0440. The number of fused-ring (bicyclic) bond motifs is 1. The van der Waals surface area contributed by atoms with Crippen molar-refractivity contribution in [2.75, 3.05) is 14.1 Å². The molecule has 0 aliphatic carbocycles. The lowest BCUT2D eigenvalue weighted by Crippen LogP contribution is -2.39. The summed E-state index contributed by atoms with van der Waals surface area (Å²) in [7, 11) is 4.10. The van der Waals surface area contributed by atoms with Gasteiger partial charge in [-0.1, -0.05) is 19.9 Å². The van der Waals surface area contributed by atoms with E-state index in [0.717, 1.165) is 11.1 Å². The fourth-order valence-corrected chi connectivity index (χ4v) is 2.57. The van der Waals surface area contributed by atoms with E-state index < -0.39 is 0 Å². The van der Waals surface area contributed by atoms with Crippen LogP contribution in [0.2, 0.25) is 0 Å². The van der Waals surface area contributed by atoms with E-state index in [0.29, 0.717) is 23.9 Å². The van der Waals surface area contributed by atoms with E-state index >= 15 is 0 Å². The lowest BCUT2D eigenvalue weighted by Gasteiger charge is -2.28. The van der Waals surface area contributed by atoms with Gasteiger partial charge in [0.05, 0.1) is 17.2 Å². The number of benzene rings is 1. The van der Waals surface area contributed by atoms with Crippen LogP contribution in [0.15, 0.2) is 29.3 Å². The molecule has 1 aromatic heterocycles. The van der Waals surface area contributed by atoms with Gasteiger partial charge >= 0.3 is 0 Å². The molecule has 0 aliphatic heterocycles. The van der Waals surface area contributed by atoms with Gasteiger partial charge in [-0.2, -0.15) is 0 Å². The first kappa shape index (κ1) is 14.7. The molecule has 1 atom stereocenters. The Kier molecular flexibility index (Phi) is 4.23. The van der Waals surface area contributed by atoms with Crippen molar-refractivity contribution in [3.05, 3.63) is 40.4 Å². The van der Waals surface area contributed by atoms with Crippen LogP contribution >= 0.6 is 0 Å². The zero-order chi connectivity index (χ0) is 14.9. The summed E-state index contributed by atoms with van der Waals surface area (Å²) in [6.45, 7) is 7.02. The Labute approximate surface area is 120 Å². The molecule has 4 heteroatoms. The van der Waals surface area contributed by atoms with Gasteiger partial charge in [0.25, 0.3) is 5.56 Å². The van der Waals surface area contributed by atoms with Gasteiger partial charge in [0, 0.05) is 12.6 Å². The third-order valence-electron chi connectivity index (χ3n) is 3.80. The molecule has 0 aliphatic rings. The summed E-state index contributed by atoms with van der Waals surface area (Å²) >= 11 is 0. The van der Waals surface area contributed by atoms with Gasteiger partial charge in [0.15, 0.2) is 0 Å². The fourth-order valence-electron chi connectivity index (χ4n) is 2.57. The van der Waals surface area contributed by atoms with E-state index in [1.807, 2.05) is 39.2 Å². The lowest BCUT2D eigenvalue weighted by molar-refractivity contribution is 0.204. The number of rotatable bonds is 4. The van der Waals surface area contributed by atoms with E-state index in [9.17, 15) is 4.79 Å². The highest BCUT2D eigenvalue weighted by Gasteiger charge is 2.17. The third-order valence-corrected chi connectivity index (χ3v) is 3.80. The van der Waals surface area contributed by atoms with Gasteiger partial charge in [0.1, 0.15) is 0 Å². The van der Waals surface area contributed by atoms with Crippen molar-refractivity contribution in [2.24, 2.45) is 5.92 Å². The van der Waals surface area contributed by atoms with E-state index in [1.165, 1.54) is 0 Å². The van der Waals surface area contributed by atoms with Crippen molar-refractivity contribution in [1.29, 1.82) is 0 Å². The summed E-state index contributed by atoms with van der Waals surface area (Å²) in [5, 5.41) is 0.694. The van der Waals surface area contributed by atoms with Gasteiger partial charge in [-0.15, -0.1) is 0 Å². The Balaban J connectivity index is 2.43. The Morgan fingerprint density at radius 1 is 1.30 bits per heavy atom. The lowest BCUT2D eigenvalue weighted by atomic mass is 10.0. The van der Waals surface area contributed by atoms with Crippen LogP contribution in [0, 0.1) is 12.8 Å². The molecule has 0 radical (unpaired) electrons. The van der Waals surface area contributed by atoms with Crippen molar-refractivity contribution in [3.8, 4) is 0 Å². The predicted octanol–water partition coefficient (Wildman–Crippen LogP) is 2.29. The molecular weight excluding hydrogens is 250 g/mol. The largest absolute Gasteiger partial charge is 0.304 e. The highest BCUT2D eigenvalue weighted by atomic mass is 16.1. The second-order valence-corrected chi connectivity index (χ2v) is 6.00. The van der Waals surface area contributed by atoms with Gasteiger partial charge < -0.3 is 4.90 Å². The average molecular weight is 273 g/mol. The summed E-state index contributed by atoms with van der Waals surface area (Å²) in [6, 6.07) is 6.10. The quantitative estimate of drug-likeness (QED) is 0.858. The number of aromatic nitrogens is 2. The Morgan fingerprint density at radius 2 is 2.00 bits per heavy atom. The molecule has 0 saturated carbocycles. The maximum absolute atomic E-state index is 12.5. The highest BCUT2D eigenvalue weighted by Crippen LogP contribution is 2.12. The van der Waals surface area contributed by atoms with Crippen LogP contribution in [0.3, 0.4) is 0 Å². The predicted molar refractivity (Wildman–Crippen MR) is 83.1 cm³/mol. The molecule has 1 heterocycles. The van der Waals surface area contributed by atoms with Crippen molar-refractivity contribution in [2.45, 2.75) is 33.4 Å². The zero-order valence-electron chi connectivity index (χ0n) is 12.9. The molecule has 0 N–H and O–H groups in total. The first-order valence-corrected chi connectivity index (χ1v) is 7.02. The van der Waals surface area contributed by atoms with Gasteiger partial charge in [-0.25, -0.2) is 4.98 Å². The first-order valence-electron chi connectivity index (χ1n) is 7.02. The molecule has 1 aromatic carbocycles. The normalized spacial score (nSPS) is 13.3. The standard InChI is InChI=1S/C16H23N3O/c1-11(2)15(18(4)5)9-19-10-17-14-8-12(3)6-7-13(14)16(19)20/h6-8,10-11,15H,9H2,1-5H3. The molecule has 0 fully saturated rings. The van der Waals surface area contributed by atoms with Gasteiger partial charge in [-0.3, -0.25) is 9.36 Å². The monoisotopic (exact) mass is 273 g/mol. The SMILES string of the molecule is Cc1ccc2c(=O)n(CC(C(C)C)N(C)C)cnc2c1. The Bertz CT molecular complexity index is 650. The van der Waals surface area contributed by atoms with Gasteiger partial charge in [-0.05, 0) is 44.6 Å². The maximum atomic E-state index is 12.5. The topological polar surface area (TPSA) is 38.1 Å². The Hall–Kier alpha value is -1.68. The van der Waals surface area contributed by atoms with Crippen molar-refractivity contribution in [1.82, 2.24) is 14.5 Å². The number of likely N-dealkylation sites (N-methyl/N-ethyl adjacent to an activating group) is 1.